The quantitative estimate of drug-likeness (QED) is 0.578. The molecule has 0 aliphatic heterocycles. The zero-order valence-corrected chi connectivity index (χ0v) is 8.38. The SMILES string of the molecule is CCN(CCOC)CCC1CC1. The maximum Gasteiger partial charge on any atom is 0.0589 e. The van der Waals surface area contributed by atoms with E-state index >= 15 is 0 Å². The maximum absolute atomic E-state index is 5.05. The predicted molar refractivity (Wildman–Crippen MR) is 51.3 cm³/mol. The second kappa shape index (κ2) is 5.55. The van der Waals surface area contributed by atoms with Crippen LogP contribution in [0.4, 0.5) is 0 Å². The molecular formula is C10H21NO. The molecule has 0 atom stereocenters. The Balaban J connectivity index is 1.98. The van der Waals surface area contributed by atoms with Crippen LogP contribution in [0.5, 0.6) is 0 Å². The van der Waals surface area contributed by atoms with Gasteiger partial charge in [-0.3, -0.25) is 0 Å². The minimum atomic E-state index is 0.874. The van der Waals surface area contributed by atoms with Crippen molar-refractivity contribution in [2.75, 3.05) is 33.4 Å². The van der Waals surface area contributed by atoms with Crippen LogP contribution < -0.4 is 0 Å². The number of ether oxygens (including phenoxy) is 1. The van der Waals surface area contributed by atoms with Crippen LogP contribution in [0.15, 0.2) is 0 Å². The second-order valence-corrected chi connectivity index (χ2v) is 3.66. The van der Waals surface area contributed by atoms with Gasteiger partial charge in [-0.2, -0.15) is 0 Å². The number of hydrogen-bond acceptors (Lipinski definition) is 2. The third-order valence-corrected chi connectivity index (χ3v) is 2.61. The standard InChI is InChI=1S/C10H21NO/c1-3-11(8-9-12-2)7-6-10-4-5-10/h10H,3-9H2,1-2H3. The van der Waals surface area contributed by atoms with Crippen LogP contribution in [0.3, 0.4) is 0 Å². The van der Waals surface area contributed by atoms with Gasteiger partial charge < -0.3 is 9.64 Å². The van der Waals surface area contributed by atoms with E-state index in [9.17, 15) is 0 Å². The van der Waals surface area contributed by atoms with Crippen molar-refractivity contribution in [3.63, 3.8) is 0 Å². The van der Waals surface area contributed by atoms with Crippen LogP contribution >= 0.6 is 0 Å². The first-order valence-electron chi connectivity index (χ1n) is 5.08. The summed E-state index contributed by atoms with van der Waals surface area (Å²) >= 11 is 0. The molecule has 1 aliphatic rings. The minimum absolute atomic E-state index is 0.874. The van der Waals surface area contributed by atoms with E-state index in [1.165, 1.54) is 25.8 Å². The summed E-state index contributed by atoms with van der Waals surface area (Å²) in [5.74, 6) is 1.06. The summed E-state index contributed by atoms with van der Waals surface area (Å²) < 4.78 is 5.05. The Bertz CT molecular complexity index is 112. The van der Waals surface area contributed by atoms with E-state index < -0.39 is 0 Å². The van der Waals surface area contributed by atoms with Gasteiger partial charge in [0.2, 0.25) is 0 Å². The third kappa shape index (κ3) is 4.07. The van der Waals surface area contributed by atoms with E-state index in [2.05, 4.69) is 11.8 Å². The summed E-state index contributed by atoms with van der Waals surface area (Å²) in [6, 6.07) is 0. The molecule has 0 unspecified atom stereocenters. The number of likely N-dealkylation sites (N-methyl/N-ethyl adjacent to an activating group) is 1. The van der Waals surface area contributed by atoms with Gasteiger partial charge in [-0.25, -0.2) is 0 Å². The predicted octanol–water partition coefficient (Wildman–Crippen LogP) is 1.75. The fourth-order valence-corrected chi connectivity index (χ4v) is 1.42. The first kappa shape index (κ1) is 10.0. The molecule has 0 aromatic carbocycles. The molecule has 0 N–H and O–H groups in total. The molecule has 1 rings (SSSR count). The van der Waals surface area contributed by atoms with Crippen molar-refractivity contribution in [2.45, 2.75) is 26.2 Å². The highest BCUT2D eigenvalue weighted by Gasteiger charge is 2.21. The average molecular weight is 171 g/mol. The van der Waals surface area contributed by atoms with Gasteiger partial charge in [-0.15, -0.1) is 0 Å². The highest BCUT2D eigenvalue weighted by molar-refractivity contribution is 4.74. The molecule has 1 fully saturated rings. The molecule has 0 saturated heterocycles. The van der Waals surface area contributed by atoms with Crippen LogP contribution in [0.2, 0.25) is 0 Å². The van der Waals surface area contributed by atoms with Crippen LogP contribution in [0.25, 0.3) is 0 Å². The number of nitrogens with zero attached hydrogens (tertiary/aromatic N) is 1. The number of rotatable bonds is 7. The lowest BCUT2D eigenvalue weighted by Gasteiger charge is -2.19. The van der Waals surface area contributed by atoms with E-state index in [-0.39, 0.29) is 0 Å². The van der Waals surface area contributed by atoms with Gasteiger partial charge in [0.1, 0.15) is 0 Å². The lowest BCUT2D eigenvalue weighted by atomic mass is 10.3. The van der Waals surface area contributed by atoms with E-state index in [1.54, 1.807) is 7.11 Å². The van der Waals surface area contributed by atoms with Gasteiger partial charge in [0, 0.05) is 13.7 Å². The average Bonchev–Trinajstić information content (AvgIpc) is 2.89. The van der Waals surface area contributed by atoms with Crippen molar-refractivity contribution in [1.82, 2.24) is 4.90 Å². The van der Waals surface area contributed by atoms with Crippen molar-refractivity contribution in [3.05, 3.63) is 0 Å². The lowest BCUT2D eigenvalue weighted by molar-refractivity contribution is 0.149. The molecule has 72 valence electrons. The fourth-order valence-electron chi connectivity index (χ4n) is 1.42. The van der Waals surface area contributed by atoms with Crippen molar-refractivity contribution in [1.29, 1.82) is 0 Å². The molecule has 0 bridgehead atoms. The zero-order chi connectivity index (χ0) is 8.81. The summed E-state index contributed by atoms with van der Waals surface area (Å²) in [5, 5.41) is 0. The Labute approximate surface area is 75.9 Å². The number of methoxy groups -OCH3 is 1. The molecule has 0 heterocycles. The Kier molecular flexibility index (Phi) is 4.62. The van der Waals surface area contributed by atoms with E-state index in [0.29, 0.717) is 0 Å². The van der Waals surface area contributed by atoms with Crippen molar-refractivity contribution >= 4 is 0 Å². The van der Waals surface area contributed by atoms with Gasteiger partial charge in [0.25, 0.3) is 0 Å². The summed E-state index contributed by atoms with van der Waals surface area (Å²) in [7, 11) is 1.77. The second-order valence-electron chi connectivity index (χ2n) is 3.66. The zero-order valence-electron chi connectivity index (χ0n) is 8.38. The van der Waals surface area contributed by atoms with Gasteiger partial charge in [-0.05, 0) is 25.4 Å². The smallest absolute Gasteiger partial charge is 0.0589 e. The molecule has 0 spiro atoms. The third-order valence-electron chi connectivity index (χ3n) is 2.61. The topological polar surface area (TPSA) is 12.5 Å². The maximum atomic E-state index is 5.05. The fraction of sp³-hybridized carbons (Fsp3) is 1.00. The van der Waals surface area contributed by atoms with Crippen LogP contribution in [0.1, 0.15) is 26.2 Å². The van der Waals surface area contributed by atoms with Gasteiger partial charge in [0.05, 0.1) is 6.61 Å². The normalized spacial score (nSPS) is 17.2. The highest BCUT2D eigenvalue weighted by Crippen LogP contribution is 2.32. The monoisotopic (exact) mass is 171 g/mol. The summed E-state index contributed by atoms with van der Waals surface area (Å²) in [6.45, 7) is 6.63. The Morgan fingerprint density at radius 3 is 2.58 bits per heavy atom. The molecule has 0 amide bonds. The summed E-state index contributed by atoms with van der Waals surface area (Å²) in [5.41, 5.74) is 0. The first-order valence-corrected chi connectivity index (χ1v) is 5.08. The Hall–Kier alpha value is -0.0800. The van der Waals surface area contributed by atoms with Crippen LogP contribution in [-0.4, -0.2) is 38.3 Å². The van der Waals surface area contributed by atoms with Crippen molar-refractivity contribution < 1.29 is 4.74 Å². The van der Waals surface area contributed by atoms with E-state index in [4.69, 9.17) is 4.74 Å². The molecule has 0 aromatic rings. The lowest BCUT2D eigenvalue weighted by Crippen LogP contribution is -2.28. The molecule has 2 nitrogen and oxygen atoms in total. The molecule has 2 heteroatoms. The van der Waals surface area contributed by atoms with Gasteiger partial charge >= 0.3 is 0 Å². The van der Waals surface area contributed by atoms with Crippen LogP contribution in [-0.2, 0) is 4.74 Å². The van der Waals surface area contributed by atoms with Crippen molar-refractivity contribution in [2.24, 2.45) is 5.92 Å². The molecule has 1 saturated carbocycles. The molecular weight excluding hydrogens is 150 g/mol. The van der Waals surface area contributed by atoms with Crippen LogP contribution in [0, 0.1) is 5.92 Å². The first-order chi connectivity index (χ1) is 5.86. The van der Waals surface area contributed by atoms with Gasteiger partial charge in [0.15, 0.2) is 0 Å². The molecule has 0 aromatic heterocycles. The summed E-state index contributed by atoms with van der Waals surface area (Å²) in [4.78, 5) is 2.47. The van der Waals surface area contributed by atoms with Gasteiger partial charge in [-0.1, -0.05) is 19.8 Å². The van der Waals surface area contributed by atoms with E-state index in [0.717, 1.165) is 25.6 Å². The molecule has 1 aliphatic carbocycles. The highest BCUT2D eigenvalue weighted by atomic mass is 16.5. The summed E-state index contributed by atoms with van der Waals surface area (Å²) in [6.07, 6.45) is 4.35. The minimum Gasteiger partial charge on any atom is -0.383 e. The van der Waals surface area contributed by atoms with E-state index in [1.807, 2.05) is 0 Å². The van der Waals surface area contributed by atoms with Crippen molar-refractivity contribution in [3.8, 4) is 0 Å². The molecule has 12 heavy (non-hydrogen) atoms. The Morgan fingerprint density at radius 2 is 2.08 bits per heavy atom. The number of hydrogen-bond donors (Lipinski definition) is 0. The largest absolute Gasteiger partial charge is 0.383 e. The molecule has 0 radical (unpaired) electrons. The Morgan fingerprint density at radius 1 is 1.33 bits per heavy atom.